The summed E-state index contributed by atoms with van der Waals surface area (Å²) in [5.74, 6) is -0.227. The smallest absolute Gasteiger partial charge is 0.261 e. The van der Waals surface area contributed by atoms with Crippen molar-refractivity contribution in [3.63, 3.8) is 0 Å². The Kier molecular flexibility index (Phi) is 8.84. The number of carbonyl (C=O) groups excluding carboxylic acids is 2. The van der Waals surface area contributed by atoms with Gasteiger partial charge in [0, 0.05) is 13.1 Å². The van der Waals surface area contributed by atoms with Crippen molar-refractivity contribution < 1.29 is 18.7 Å². The summed E-state index contributed by atoms with van der Waals surface area (Å²) >= 11 is 0. The summed E-state index contributed by atoms with van der Waals surface area (Å²) in [6.45, 7) is 8.19. The topological polar surface area (TPSA) is 58.6 Å². The molecular formula is C24H31FN2O3. The molecule has 2 aromatic carbocycles. The van der Waals surface area contributed by atoms with E-state index in [1.54, 1.807) is 19.1 Å². The zero-order valence-electron chi connectivity index (χ0n) is 18.2. The van der Waals surface area contributed by atoms with Crippen molar-refractivity contribution in [3.8, 4) is 5.75 Å². The fourth-order valence-corrected chi connectivity index (χ4v) is 2.99. The Morgan fingerprint density at radius 1 is 1.13 bits per heavy atom. The van der Waals surface area contributed by atoms with Crippen molar-refractivity contribution in [1.82, 2.24) is 10.2 Å². The summed E-state index contributed by atoms with van der Waals surface area (Å²) in [6, 6.07) is 11.0. The minimum Gasteiger partial charge on any atom is -0.483 e. The van der Waals surface area contributed by atoms with Crippen molar-refractivity contribution in [1.29, 1.82) is 0 Å². The number of ether oxygens (including phenoxy) is 1. The predicted molar refractivity (Wildman–Crippen MR) is 116 cm³/mol. The second-order valence-electron chi connectivity index (χ2n) is 7.53. The van der Waals surface area contributed by atoms with Crippen LogP contribution in [0.2, 0.25) is 0 Å². The van der Waals surface area contributed by atoms with E-state index in [1.165, 1.54) is 17.0 Å². The van der Waals surface area contributed by atoms with E-state index in [0.29, 0.717) is 12.3 Å². The highest BCUT2D eigenvalue weighted by Gasteiger charge is 2.26. The summed E-state index contributed by atoms with van der Waals surface area (Å²) in [5.41, 5.74) is 2.71. The fraction of sp³-hybridized carbons (Fsp3) is 0.417. The third-order valence-electron chi connectivity index (χ3n) is 4.96. The van der Waals surface area contributed by atoms with E-state index in [9.17, 15) is 14.0 Å². The molecule has 1 N–H and O–H groups in total. The second-order valence-corrected chi connectivity index (χ2v) is 7.53. The minimum atomic E-state index is -0.679. The van der Waals surface area contributed by atoms with E-state index in [2.05, 4.69) is 5.32 Å². The van der Waals surface area contributed by atoms with E-state index in [0.717, 1.165) is 29.5 Å². The molecule has 5 nitrogen and oxygen atoms in total. The first-order chi connectivity index (χ1) is 14.3. The standard InChI is InChI=1S/C24H31FN2O3/c1-5-6-13-26-24(29)19(4)27(15-20-9-11-21(25)12-10-20)23(28)16-30-22-14-17(2)7-8-18(22)3/h7-12,14,19H,5-6,13,15-16H2,1-4H3,(H,26,29). The molecule has 30 heavy (non-hydrogen) atoms. The van der Waals surface area contributed by atoms with Gasteiger partial charge in [-0.1, -0.05) is 37.6 Å². The number of hydrogen-bond donors (Lipinski definition) is 1. The number of nitrogens with zero attached hydrogens (tertiary/aromatic N) is 1. The van der Waals surface area contributed by atoms with E-state index in [1.807, 2.05) is 39.0 Å². The molecule has 0 bridgehead atoms. The Bertz CT molecular complexity index is 852. The molecule has 162 valence electrons. The van der Waals surface area contributed by atoms with Crippen molar-refractivity contribution in [2.24, 2.45) is 0 Å². The fourth-order valence-electron chi connectivity index (χ4n) is 2.99. The molecule has 0 aliphatic rings. The second kappa shape index (κ2) is 11.3. The van der Waals surface area contributed by atoms with E-state index in [4.69, 9.17) is 4.74 Å². The first kappa shape index (κ1) is 23.4. The van der Waals surface area contributed by atoms with Gasteiger partial charge in [-0.15, -0.1) is 0 Å². The van der Waals surface area contributed by atoms with Crippen LogP contribution in [0.15, 0.2) is 42.5 Å². The van der Waals surface area contributed by atoms with Gasteiger partial charge in [0.05, 0.1) is 0 Å². The molecule has 0 spiro atoms. The van der Waals surface area contributed by atoms with Gasteiger partial charge in [-0.3, -0.25) is 9.59 Å². The minimum absolute atomic E-state index is 0.182. The van der Waals surface area contributed by atoms with Crippen molar-refractivity contribution >= 4 is 11.8 Å². The number of carbonyl (C=O) groups is 2. The van der Waals surface area contributed by atoms with Crippen LogP contribution in [-0.2, 0) is 16.1 Å². The molecular weight excluding hydrogens is 383 g/mol. The number of rotatable bonds is 10. The van der Waals surface area contributed by atoms with Gasteiger partial charge >= 0.3 is 0 Å². The largest absolute Gasteiger partial charge is 0.483 e. The number of halogens is 1. The maximum atomic E-state index is 13.3. The zero-order chi connectivity index (χ0) is 22.1. The molecule has 2 rings (SSSR count). The molecule has 0 saturated heterocycles. The number of amides is 2. The van der Waals surface area contributed by atoms with E-state index in [-0.39, 0.29) is 30.8 Å². The molecule has 0 aliphatic carbocycles. The van der Waals surface area contributed by atoms with Crippen LogP contribution in [-0.4, -0.2) is 35.9 Å². The van der Waals surface area contributed by atoms with Gasteiger partial charge in [0.15, 0.2) is 6.61 Å². The maximum Gasteiger partial charge on any atom is 0.261 e. The maximum absolute atomic E-state index is 13.3. The van der Waals surface area contributed by atoms with Gasteiger partial charge in [0.1, 0.15) is 17.6 Å². The number of aryl methyl sites for hydroxylation is 2. The average molecular weight is 415 g/mol. The van der Waals surface area contributed by atoms with Gasteiger partial charge in [-0.05, 0) is 62.1 Å². The molecule has 0 radical (unpaired) electrons. The van der Waals surface area contributed by atoms with Crippen LogP contribution in [0.3, 0.4) is 0 Å². The molecule has 2 aromatic rings. The first-order valence-corrected chi connectivity index (χ1v) is 10.3. The van der Waals surface area contributed by atoms with Gasteiger partial charge in [-0.2, -0.15) is 0 Å². The van der Waals surface area contributed by atoms with Crippen molar-refractivity contribution in [2.75, 3.05) is 13.2 Å². The summed E-state index contributed by atoms with van der Waals surface area (Å²) in [6.07, 6.45) is 1.84. The number of benzene rings is 2. The van der Waals surface area contributed by atoms with Crippen LogP contribution >= 0.6 is 0 Å². The van der Waals surface area contributed by atoms with Crippen LogP contribution < -0.4 is 10.1 Å². The summed E-state index contributed by atoms with van der Waals surface area (Å²) in [7, 11) is 0. The monoisotopic (exact) mass is 414 g/mol. The van der Waals surface area contributed by atoms with Crippen molar-refractivity contribution in [3.05, 3.63) is 65.0 Å². The van der Waals surface area contributed by atoms with E-state index < -0.39 is 6.04 Å². The lowest BCUT2D eigenvalue weighted by Gasteiger charge is -2.29. The van der Waals surface area contributed by atoms with Crippen molar-refractivity contribution in [2.45, 2.75) is 53.1 Å². The molecule has 1 atom stereocenters. The zero-order valence-corrected chi connectivity index (χ0v) is 18.2. The molecule has 0 aromatic heterocycles. The highest BCUT2D eigenvalue weighted by Crippen LogP contribution is 2.19. The van der Waals surface area contributed by atoms with Crippen LogP contribution in [0.1, 0.15) is 43.4 Å². The number of hydrogen-bond acceptors (Lipinski definition) is 3. The third kappa shape index (κ3) is 6.87. The lowest BCUT2D eigenvalue weighted by Crippen LogP contribution is -2.49. The van der Waals surface area contributed by atoms with Crippen LogP contribution in [0.4, 0.5) is 4.39 Å². The summed E-state index contributed by atoms with van der Waals surface area (Å²) < 4.78 is 19.0. The van der Waals surface area contributed by atoms with Gasteiger partial charge in [0.25, 0.3) is 5.91 Å². The van der Waals surface area contributed by atoms with Gasteiger partial charge in [0.2, 0.25) is 5.91 Å². The Morgan fingerprint density at radius 2 is 1.83 bits per heavy atom. The quantitative estimate of drug-likeness (QED) is 0.594. The molecule has 0 saturated carbocycles. The lowest BCUT2D eigenvalue weighted by molar-refractivity contribution is -0.142. The van der Waals surface area contributed by atoms with Crippen LogP contribution in [0, 0.1) is 19.7 Å². The number of nitrogens with one attached hydrogen (secondary N) is 1. The highest BCUT2D eigenvalue weighted by molar-refractivity contribution is 5.87. The number of unbranched alkanes of at least 4 members (excludes halogenated alkanes) is 1. The Hall–Kier alpha value is -2.89. The molecule has 0 fully saturated rings. The normalized spacial score (nSPS) is 11.6. The van der Waals surface area contributed by atoms with Crippen LogP contribution in [0.5, 0.6) is 5.75 Å². The van der Waals surface area contributed by atoms with Gasteiger partial charge in [-0.25, -0.2) is 4.39 Å². The highest BCUT2D eigenvalue weighted by atomic mass is 19.1. The summed E-state index contributed by atoms with van der Waals surface area (Å²) in [4.78, 5) is 27.1. The SMILES string of the molecule is CCCCNC(=O)C(C)N(Cc1ccc(F)cc1)C(=O)COc1cc(C)ccc1C. The third-order valence-corrected chi connectivity index (χ3v) is 4.96. The Morgan fingerprint density at radius 3 is 2.50 bits per heavy atom. The predicted octanol–water partition coefficient (Wildman–Crippen LogP) is 4.15. The Labute approximate surface area is 178 Å². The molecule has 2 amide bonds. The van der Waals surface area contributed by atoms with Gasteiger partial charge < -0.3 is 15.0 Å². The van der Waals surface area contributed by atoms with E-state index >= 15 is 0 Å². The lowest BCUT2D eigenvalue weighted by atomic mass is 10.1. The first-order valence-electron chi connectivity index (χ1n) is 10.3. The molecule has 1 unspecified atom stereocenters. The van der Waals surface area contributed by atoms with Crippen LogP contribution in [0.25, 0.3) is 0 Å². The Balaban J connectivity index is 2.13. The summed E-state index contributed by atoms with van der Waals surface area (Å²) in [5, 5.41) is 2.87. The molecule has 0 aliphatic heterocycles. The molecule has 6 heteroatoms. The average Bonchev–Trinajstić information content (AvgIpc) is 2.73. The molecule has 0 heterocycles.